The van der Waals surface area contributed by atoms with Crippen molar-refractivity contribution in [2.45, 2.75) is 44.7 Å². The first-order valence-electron chi connectivity index (χ1n) is 6.18. The zero-order valence-electron chi connectivity index (χ0n) is 11.2. The predicted octanol–water partition coefficient (Wildman–Crippen LogP) is 0.583. The molecule has 0 aliphatic heterocycles. The number of hydrogen-bond acceptors (Lipinski definition) is 4. The third-order valence-electron chi connectivity index (χ3n) is 2.59. The molecule has 19 heavy (non-hydrogen) atoms. The minimum atomic E-state index is -3.67. The highest BCUT2D eigenvalue weighted by Gasteiger charge is 2.16. The molecule has 0 unspecified atom stereocenters. The van der Waals surface area contributed by atoms with Gasteiger partial charge in [0.1, 0.15) is 0 Å². The van der Waals surface area contributed by atoms with Crippen molar-refractivity contribution >= 4 is 10.0 Å². The van der Waals surface area contributed by atoms with Gasteiger partial charge in [-0.2, -0.15) is 0 Å². The number of allylic oxidation sites excluding steroid dienone is 3. The van der Waals surface area contributed by atoms with Crippen LogP contribution in [0.4, 0.5) is 0 Å². The van der Waals surface area contributed by atoms with E-state index in [1.165, 1.54) is 6.08 Å². The van der Waals surface area contributed by atoms with E-state index in [4.69, 9.17) is 23.0 Å². The van der Waals surface area contributed by atoms with Crippen LogP contribution in [0.25, 0.3) is 0 Å². The number of sulfonamides is 1. The van der Waals surface area contributed by atoms with E-state index >= 15 is 0 Å². The first kappa shape index (κ1) is 17.9. The zero-order chi connectivity index (χ0) is 14.9. The van der Waals surface area contributed by atoms with Crippen LogP contribution >= 0.6 is 0 Å². The van der Waals surface area contributed by atoms with Crippen molar-refractivity contribution in [3.63, 3.8) is 0 Å². The summed E-state index contributed by atoms with van der Waals surface area (Å²) in [5.74, 6) is 2.11. The molecule has 1 aliphatic carbocycles. The smallest absolute Gasteiger partial charge is 0.238 e. The molecule has 0 bridgehead atoms. The van der Waals surface area contributed by atoms with Crippen LogP contribution in [0.3, 0.4) is 0 Å². The van der Waals surface area contributed by atoms with Gasteiger partial charge in [-0.05, 0) is 31.8 Å². The molecule has 108 valence electrons. The normalized spacial score (nSPS) is 23.8. The van der Waals surface area contributed by atoms with E-state index in [-0.39, 0.29) is 4.91 Å². The Kier molecular flexibility index (Phi) is 8.35. The maximum absolute atomic E-state index is 10.8. The Hall–Kier alpha value is -1.13. The Balaban J connectivity index is 0.000000388. The summed E-state index contributed by atoms with van der Waals surface area (Å²) < 4.78 is 21.6. The van der Waals surface area contributed by atoms with Crippen LogP contribution in [0.2, 0.25) is 0 Å². The third-order valence-corrected chi connectivity index (χ3v) is 3.50. The van der Waals surface area contributed by atoms with Crippen LogP contribution in [0.1, 0.15) is 32.6 Å². The summed E-state index contributed by atoms with van der Waals surface area (Å²) in [5.41, 5.74) is 11.1. The van der Waals surface area contributed by atoms with Gasteiger partial charge in [-0.25, -0.2) is 13.6 Å². The molecule has 6 heteroatoms. The van der Waals surface area contributed by atoms with Crippen molar-refractivity contribution < 1.29 is 8.42 Å². The van der Waals surface area contributed by atoms with Crippen LogP contribution in [-0.4, -0.2) is 20.5 Å². The summed E-state index contributed by atoms with van der Waals surface area (Å²) >= 11 is 0. The van der Waals surface area contributed by atoms with Gasteiger partial charge < -0.3 is 11.5 Å². The standard InChI is InChI=1S/C8H11NO2S.C5H12N2/c1-3-5-7-8(6-4-2)12(9,10)11;6-4-1-2-5(7)3-4/h2,5-7H,3H2,1H3,(H2,9,10,11);4-5H,1-3,6-7H2/b7-5-,8-6+;/t;4-,5+. The molecule has 0 saturated heterocycles. The summed E-state index contributed by atoms with van der Waals surface area (Å²) in [4.78, 5) is -0.0353. The number of terminal acetylenes is 1. The fourth-order valence-corrected chi connectivity index (χ4v) is 2.11. The topological polar surface area (TPSA) is 112 Å². The monoisotopic (exact) mass is 285 g/mol. The van der Waals surface area contributed by atoms with E-state index in [9.17, 15) is 8.42 Å². The van der Waals surface area contributed by atoms with Gasteiger partial charge in [0.2, 0.25) is 10.0 Å². The number of rotatable bonds is 3. The Bertz CT molecular complexity index is 453. The van der Waals surface area contributed by atoms with E-state index in [1.807, 2.05) is 6.92 Å². The quantitative estimate of drug-likeness (QED) is 0.520. The van der Waals surface area contributed by atoms with E-state index < -0.39 is 10.0 Å². The molecule has 0 heterocycles. The molecule has 1 fully saturated rings. The van der Waals surface area contributed by atoms with Crippen molar-refractivity contribution in [3.05, 3.63) is 23.1 Å². The van der Waals surface area contributed by atoms with Gasteiger partial charge in [-0.1, -0.05) is 18.9 Å². The number of primary sulfonamides is 1. The van der Waals surface area contributed by atoms with E-state index in [0.29, 0.717) is 12.1 Å². The second-order valence-corrected chi connectivity index (χ2v) is 5.96. The van der Waals surface area contributed by atoms with Crippen LogP contribution in [0.15, 0.2) is 23.1 Å². The molecule has 1 saturated carbocycles. The van der Waals surface area contributed by atoms with Gasteiger partial charge in [-0.15, -0.1) is 6.42 Å². The summed E-state index contributed by atoms with van der Waals surface area (Å²) in [5, 5.41) is 4.86. The lowest BCUT2D eigenvalue weighted by molar-refractivity contribution is 0.604. The molecule has 0 amide bonds. The third kappa shape index (κ3) is 8.56. The fourth-order valence-electron chi connectivity index (χ4n) is 1.59. The van der Waals surface area contributed by atoms with Crippen molar-refractivity contribution in [2.75, 3.05) is 0 Å². The molecule has 5 nitrogen and oxygen atoms in total. The highest BCUT2D eigenvalue weighted by atomic mass is 32.2. The highest BCUT2D eigenvalue weighted by Crippen LogP contribution is 2.13. The first-order chi connectivity index (χ1) is 8.81. The van der Waals surface area contributed by atoms with Gasteiger partial charge in [0.05, 0.1) is 4.91 Å². The van der Waals surface area contributed by atoms with Crippen molar-refractivity contribution in [2.24, 2.45) is 16.6 Å². The minimum absolute atomic E-state index is 0.0353. The lowest BCUT2D eigenvalue weighted by atomic mass is 10.2. The van der Waals surface area contributed by atoms with E-state index in [2.05, 4.69) is 5.92 Å². The average molecular weight is 285 g/mol. The van der Waals surface area contributed by atoms with E-state index in [0.717, 1.165) is 31.8 Å². The highest BCUT2D eigenvalue weighted by molar-refractivity contribution is 7.93. The zero-order valence-corrected chi connectivity index (χ0v) is 12.1. The van der Waals surface area contributed by atoms with Crippen molar-refractivity contribution in [1.82, 2.24) is 0 Å². The van der Waals surface area contributed by atoms with Crippen molar-refractivity contribution in [3.8, 4) is 12.3 Å². The van der Waals surface area contributed by atoms with E-state index in [1.54, 1.807) is 6.08 Å². The summed E-state index contributed by atoms with van der Waals surface area (Å²) in [7, 11) is -3.67. The van der Waals surface area contributed by atoms with Gasteiger partial charge in [0.25, 0.3) is 0 Å². The van der Waals surface area contributed by atoms with Crippen LogP contribution in [0, 0.1) is 12.3 Å². The fraction of sp³-hybridized carbons (Fsp3) is 0.538. The molecule has 2 atom stereocenters. The van der Waals surface area contributed by atoms with Gasteiger partial charge >= 0.3 is 0 Å². The summed E-state index contributed by atoms with van der Waals surface area (Å²) in [6, 6.07) is 0.796. The molecular weight excluding hydrogens is 262 g/mol. The lowest BCUT2D eigenvalue weighted by Crippen LogP contribution is -2.20. The van der Waals surface area contributed by atoms with Crippen LogP contribution in [0.5, 0.6) is 0 Å². The van der Waals surface area contributed by atoms with Crippen LogP contribution in [-0.2, 0) is 10.0 Å². The minimum Gasteiger partial charge on any atom is -0.328 e. The Morgan fingerprint density at radius 3 is 2.16 bits per heavy atom. The lowest BCUT2D eigenvalue weighted by Gasteiger charge is -1.97. The Morgan fingerprint density at radius 1 is 1.37 bits per heavy atom. The van der Waals surface area contributed by atoms with Gasteiger partial charge in [0, 0.05) is 18.2 Å². The predicted molar refractivity (Wildman–Crippen MR) is 79.3 cm³/mol. The molecule has 0 aromatic rings. The maximum atomic E-state index is 10.8. The Labute approximate surface area is 116 Å². The summed E-state index contributed by atoms with van der Waals surface area (Å²) in [6.45, 7) is 1.88. The molecule has 1 aliphatic rings. The maximum Gasteiger partial charge on any atom is 0.238 e. The number of nitrogens with two attached hydrogens (primary N) is 3. The van der Waals surface area contributed by atoms with Gasteiger partial charge in [0.15, 0.2) is 0 Å². The molecule has 6 N–H and O–H groups in total. The SMILES string of the molecule is C#C/C=C(\C=C/CC)S(N)(=O)=O.N[C@@H]1CC[C@H](N)C1. The first-order valence-corrected chi connectivity index (χ1v) is 7.72. The summed E-state index contributed by atoms with van der Waals surface area (Å²) in [6.07, 6.45) is 13.1. The van der Waals surface area contributed by atoms with Crippen molar-refractivity contribution in [1.29, 1.82) is 0 Å². The molecule has 0 aromatic heterocycles. The largest absolute Gasteiger partial charge is 0.328 e. The second kappa shape index (κ2) is 8.88. The molecule has 0 spiro atoms. The van der Waals surface area contributed by atoms with Crippen LogP contribution < -0.4 is 16.6 Å². The molecular formula is C13H23N3O2S. The average Bonchev–Trinajstić information content (AvgIpc) is 2.68. The molecule has 1 rings (SSSR count). The molecule has 0 aromatic carbocycles. The second-order valence-electron chi connectivity index (χ2n) is 4.40. The Morgan fingerprint density at radius 2 is 1.89 bits per heavy atom. The van der Waals surface area contributed by atoms with Gasteiger partial charge in [-0.3, -0.25) is 0 Å². The molecule has 0 radical (unpaired) electrons. The number of hydrogen-bond donors (Lipinski definition) is 3.